The van der Waals surface area contributed by atoms with Crippen molar-refractivity contribution in [2.24, 2.45) is 0 Å². The minimum Gasteiger partial charge on any atom is -0.399 e. The number of anilines is 1. The summed E-state index contributed by atoms with van der Waals surface area (Å²) in [6.07, 6.45) is 3.86. The van der Waals surface area contributed by atoms with Crippen molar-refractivity contribution in [3.05, 3.63) is 65.2 Å². The molecule has 1 unspecified atom stereocenters. The molecule has 1 aliphatic carbocycles. The fourth-order valence-electron chi connectivity index (χ4n) is 3.49. The summed E-state index contributed by atoms with van der Waals surface area (Å²) in [7, 11) is 2.21. The van der Waals surface area contributed by atoms with Crippen LogP contribution in [-0.4, -0.2) is 18.5 Å². The highest BCUT2D eigenvalue weighted by molar-refractivity contribution is 5.40. The molecule has 0 bridgehead atoms. The number of rotatable bonds is 4. The second-order valence-corrected chi connectivity index (χ2v) is 6.23. The Bertz CT molecular complexity index is 606. The van der Waals surface area contributed by atoms with E-state index in [0.29, 0.717) is 5.92 Å². The van der Waals surface area contributed by atoms with Crippen LogP contribution in [-0.2, 0) is 13.0 Å². The molecule has 0 aliphatic heterocycles. The summed E-state index contributed by atoms with van der Waals surface area (Å²) < 4.78 is 0. The van der Waals surface area contributed by atoms with Crippen LogP contribution in [0.4, 0.5) is 5.69 Å². The fourth-order valence-corrected chi connectivity index (χ4v) is 3.49. The van der Waals surface area contributed by atoms with Gasteiger partial charge in [-0.15, -0.1) is 0 Å². The average Bonchev–Trinajstić information content (AvgIpc) is 2.47. The molecular weight excluding hydrogens is 256 g/mol. The Morgan fingerprint density at radius 1 is 1.14 bits per heavy atom. The van der Waals surface area contributed by atoms with Crippen molar-refractivity contribution < 1.29 is 0 Å². The first-order chi connectivity index (χ1) is 10.2. The SMILES string of the molecule is CN(Cc1cccc(N)c1)CC1CCCc2ccccc21. The smallest absolute Gasteiger partial charge is 0.0317 e. The number of fused-ring (bicyclic) bond motifs is 1. The van der Waals surface area contributed by atoms with Crippen LogP contribution in [0.1, 0.15) is 35.4 Å². The molecule has 0 amide bonds. The predicted molar refractivity (Wildman–Crippen MR) is 89.3 cm³/mol. The van der Waals surface area contributed by atoms with Gasteiger partial charge in [0, 0.05) is 18.8 Å². The highest BCUT2D eigenvalue weighted by atomic mass is 15.1. The highest BCUT2D eigenvalue weighted by Crippen LogP contribution is 2.32. The maximum absolute atomic E-state index is 5.86. The van der Waals surface area contributed by atoms with Gasteiger partial charge in [0.25, 0.3) is 0 Å². The number of nitrogens with zero attached hydrogens (tertiary/aromatic N) is 1. The van der Waals surface area contributed by atoms with Crippen molar-refractivity contribution in [2.75, 3.05) is 19.3 Å². The summed E-state index contributed by atoms with van der Waals surface area (Å²) in [5, 5.41) is 0. The first-order valence-electron chi connectivity index (χ1n) is 7.83. The Balaban J connectivity index is 1.67. The lowest BCUT2D eigenvalue weighted by Crippen LogP contribution is -2.26. The van der Waals surface area contributed by atoms with Crippen LogP contribution in [0, 0.1) is 0 Å². The van der Waals surface area contributed by atoms with E-state index in [1.54, 1.807) is 11.1 Å². The third kappa shape index (κ3) is 3.45. The van der Waals surface area contributed by atoms with E-state index in [-0.39, 0.29) is 0 Å². The van der Waals surface area contributed by atoms with Crippen LogP contribution >= 0.6 is 0 Å². The van der Waals surface area contributed by atoms with Crippen molar-refractivity contribution in [1.82, 2.24) is 4.90 Å². The van der Waals surface area contributed by atoms with Gasteiger partial charge in [0.2, 0.25) is 0 Å². The van der Waals surface area contributed by atoms with Gasteiger partial charge in [-0.2, -0.15) is 0 Å². The number of nitrogen functional groups attached to an aromatic ring is 1. The van der Waals surface area contributed by atoms with E-state index < -0.39 is 0 Å². The zero-order valence-corrected chi connectivity index (χ0v) is 12.8. The lowest BCUT2D eigenvalue weighted by atomic mass is 9.82. The number of likely N-dealkylation sites (N-methyl/N-ethyl adjacent to an activating group) is 1. The molecule has 1 aliphatic rings. The molecule has 0 radical (unpaired) electrons. The highest BCUT2D eigenvalue weighted by Gasteiger charge is 2.20. The van der Waals surface area contributed by atoms with Gasteiger partial charge >= 0.3 is 0 Å². The van der Waals surface area contributed by atoms with Crippen LogP contribution in [0.25, 0.3) is 0 Å². The summed E-state index contributed by atoms with van der Waals surface area (Å²) in [6.45, 7) is 2.08. The zero-order chi connectivity index (χ0) is 14.7. The number of hydrogen-bond donors (Lipinski definition) is 1. The molecule has 0 fully saturated rings. The third-order valence-corrected chi connectivity index (χ3v) is 4.43. The molecule has 110 valence electrons. The molecule has 2 heteroatoms. The van der Waals surface area contributed by atoms with E-state index >= 15 is 0 Å². The lowest BCUT2D eigenvalue weighted by Gasteiger charge is -2.29. The summed E-state index contributed by atoms with van der Waals surface area (Å²) in [5.74, 6) is 0.668. The van der Waals surface area contributed by atoms with Crippen molar-refractivity contribution in [1.29, 1.82) is 0 Å². The molecule has 2 nitrogen and oxygen atoms in total. The van der Waals surface area contributed by atoms with E-state index in [1.807, 2.05) is 12.1 Å². The van der Waals surface area contributed by atoms with Crippen molar-refractivity contribution in [3.8, 4) is 0 Å². The second-order valence-electron chi connectivity index (χ2n) is 6.23. The maximum atomic E-state index is 5.86. The number of hydrogen-bond acceptors (Lipinski definition) is 2. The maximum Gasteiger partial charge on any atom is 0.0317 e. The van der Waals surface area contributed by atoms with Gasteiger partial charge < -0.3 is 10.6 Å². The van der Waals surface area contributed by atoms with Crippen molar-refractivity contribution in [2.45, 2.75) is 31.7 Å². The molecule has 0 saturated carbocycles. The molecule has 0 aromatic heterocycles. The Hall–Kier alpha value is -1.80. The van der Waals surface area contributed by atoms with Gasteiger partial charge in [-0.3, -0.25) is 0 Å². The average molecular weight is 280 g/mol. The van der Waals surface area contributed by atoms with Gasteiger partial charge in [0.1, 0.15) is 0 Å². The monoisotopic (exact) mass is 280 g/mol. The molecule has 0 saturated heterocycles. The second kappa shape index (κ2) is 6.31. The molecule has 2 aromatic rings. The van der Waals surface area contributed by atoms with E-state index in [4.69, 9.17) is 5.73 Å². The quantitative estimate of drug-likeness (QED) is 0.863. The first kappa shape index (κ1) is 14.2. The summed E-state index contributed by atoms with van der Waals surface area (Å²) in [5.41, 5.74) is 11.1. The molecule has 21 heavy (non-hydrogen) atoms. The molecule has 0 spiro atoms. The minimum atomic E-state index is 0.668. The van der Waals surface area contributed by atoms with Crippen LogP contribution in [0.15, 0.2) is 48.5 Å². The minimum absolute atomic E-state index is 0.668. The molecule has 2 aromatic carbocycles. The molecular formula is C19H24N2. The third-order valence-electron chi connectivity index (χ3n) is 4.43. The fraction of sp³-hybridized carbons (Fsp3) is 0.368. The normalized spacial score (nSPS) is 17.7. The molecule has 2 N–H and O–H groups in total. The Labute approximate surface area is 127 Å². The number of aryl methyl sites for hydroxylation is 1. The van der Waals surface area contributed by atoms with Gasteiger partial charge in [-0.1, -0.05) is 36.4 Å². The standard InChI is InChI=1S/C19H24N2/c1-21(13-15-6-4-10-18(20)12-15)14-17-9-5-8-16-7-2-3-11-19(16)17/h2-4,6-7,10-12,17H,5,8-9,13-14,20H2,1H3. The Morgan fingerprint density at radius 2 is 2.00 bits per heavy atom. The number of benzene rings is 2. The Morgan fingerprint density at radius 3 is 2.86 bits per heavy atom. The molecule has 1 atom stereocenters. The summed E-state index contributed by atoms with van der Waals surface area (Å²) >= 11 is 0. The van der Waals surface area contributed by atoms with Crippen molar-refractivity contribution >= 4 is 5.69 Å². The van der Waals surface area contributed by atoms with E-state index in [2.05, 4.69) is 48.3 Å². The summed E-state index contributed by atoms with van der Waals surface area (Å²) in [4.78, 5) is 2.42. The van der Waals surface area contributed by atoms with Gasteiger partial charge in [-0.05, 0) is 61.1 Å². The zero-order valence-electron chi connectivity index (χ0n) is 12.8. The van der Waals surface area contributed by atoms with Gasteiger partial charge in [0.05, 0.1) is 0 Å². The van der Waals surface area contributed by atoms with E-state index in [0.717, 1.165) is 18.8 Å². The topological polar surface area (TPSA) is 29.3 Å². The predicted octanol–water partition coefficient (Wildman–Crippen LogP) is 3.82. The van der Waals surface area contributed by atoms with E-state index in [1.165, 1.54) is 24.8 Å². The largest absolute Gasteiger partial charge is 0.399 e. The van der Waals surface area contributed by atoms with Gasteiger partial charge in [-0.25, -0.2) is 0 Å². The van der Waals surface area contributed by atoms with Crippen LogP contribution in [0.2, 0.25) is 0 Å². The first-order valence-corrected chi connectivity index (χ1v) is 7.83. The van der Waals surface area contributed by atoms with Crippen molar-refractivity contribution in [3.63, 3.8) is 0 Å². The van der Waals surface area contributed by atoms with E-state index in [9.17, 15) is 0 Å². The molecule has 0 heterocycles. The number of nitrogens with two attached hydrogens (primary N) is 1. The van der Waals surface area contributed by atoms with Gasteiger partial charge in [0.15, 0.2) is 0 Å². The van der Waals surface area contributed by atoms with Crippen LogP contribution in [0.5, 0.6) is 0 Å². The lowest BCUT2D eigenvalue weighted by molar-refractivity contribution is 0.291. The van der Waals surface area contributed by atoms with Crippen LogP contribution in [0.3, 0.4) is 0 Å². The summed E-state index contributed by atoms with van der Waals surface area (Å²) in [6, 6.07) is 17.2. The molecule has 3 rings (SSSR count). The Kier molecular flexibility index (Phi) is 4.26. The van der Waals surface area contributed by atoms with Crippen LogP contribution < -0.4 is 5.73 Å².